The number of ether oxygens (including phenoxy) is 2. The second-order valence-corrected chi connectivity index (χ2v) is 9.11. The van der Waals surface area contributed by atoms with Crippen LogP contribution in [0.25, 0.3) is 16.7 Å². The Kier molecular flexibility index (Phi) is 6.44. The van der Waals surface area contributed by atoms with Gasteiger partial charge >= 0.3 is 0 Å². The van der Waals surface area contributed by atoms with Gasteiger partial charge in [-0.25, -0.2) is 0 Å². The minimum Gasteiger partial charge on any atom is -0.507 e. The Bertz CT molecular complexity index is 1520. The SMILES string of the molecule is COc1cccc(C(O)=C2C(=O)C(=O)N(CCc3c[nH]c4ccc(OC)cc34)[C@H]2c2ccc(C)cc2)c1. The minimum absolute atomic E-state index is 0.0719. The smallest absolute Gasteiger partial charge is 0.295 e. The molecule has 5 rings (SSSR count). The number of aliphatic hydroxyl groups is 1. The van der Waals surface area contributed by atoms with Crippen molar-refractivity contribution in [2.24, 2.45) is 0 Å². The van der Waals surface area contributed by atoms with E-state index in [1.54, 1.807) is 36.3 Å². The molecule has 0 bridgehead atoms. The molecule has 1 fully saturated rings. The van der Waals surface area contributed by atoms with Gasteiger partial charge in [0.1, 0.15) is 17.3 Å². The number of aromatic amines is 1. The summed E-state index contributed by atoms with van der Waals surface area (Å²) in [4.78, 5) is 31.5. The number of hydrogen-bond acceptors (Lipinski definition) is 5. The fourth-order valence-electron chi connectivity index (χ4n) is 4.86. The quantitative estimate of drug-likeness (QED) is 0.210. The van der Waals surface area contributed by atoms with Crippen LogP contribution < -0.4 is 9.47 Å². The third-order valence-electron chi connectivity index (χ3n) is 6.87. The lowest BCUT2D eigenvalue weighted by molar-refractivity contribution is -0.139. The van der Waals surface area contributed by atoms with Gasteiger partial charge in [-0.15, -0.1) is 0 Å². The summed E-state index contributed by atoms with van der Waals surface area (Å²) in [5.74, 6) is -0.271. The highest BCUT2D eigenvalue weighted by Crippen LogP contribution is 2.40. The molecule has 0 aliphatic carbocycles. The fraction of sp³-hybridized carbons (Fsp3) is 0.200. The highest BCUT2D eigenvalue weighted by atomic mass is 16.5. The van der Waals surface area contributed by atoms with E-state index in [-0.39, 0.29) is 11.3 Å². The maximum atomic E-state index is 13.3. The number of fused-ring (bicyclic) bond motifs is 1. The Morgan fingerprint density at radius 3 is 2.43 bits per heavy atom. The largest absolute Gasteiger partial charge is 0.507 e. The Morgan fingerprint density at radius 2 is 1.70 bits per heavy atom. The number of aryl methyl sites for hydroxylation is 1. The zero-order chi connectivity index (χ0) is 26.1. The molecular formula is C30H28N2O5. The summed E-state index contributed by atoms with van der Waals surface area (Å²) < 4.78 is 10.7. The number of benzene rings is 3. The summed E-state index contributed by atoms with van der Waals surface area (Å²) in [5.41, 5.74) is 4.27. The lowest BCUT2D eigenvalue weighted by atomic mass is 9.94. The number of Topliss-reactive ketones (excluding diaryl/α,β-unsaturated/α-hetero) is 1. The molecule has 37 heavy (non-hydrogen) atoms. The number of carbonyl (C=O) groups is 2. The molecule has 1 amide bonds. The van der Waals surface area contributed by atoms with Gasteiger partial charge in [0.25, 0.3) is 11.7 Å². The molecule has 0 spiro atoms. The topological polar surface area (TPSA) is 91.9 Å². The second kappa shape index (κ2) is 9.85. The maximum absolute atomic E-state index is 13.3. The number of nitrogens with one attached hydrogen (secondary N) is 1. The van der Waals surface area contributed by atoms with Crippen LogP contribution in [0, 0.1) is 6.92 Å². The number of rotatable bonds is 7. The summed E-state index contributed by atoms with van der Waals surface area (Å²) in [6.45, 7) is 2.27. The van der Waals surface area contributed by atoms with Crippen LogP contribution in [0.15, 0.2) is 78.5 Å². The number of aliphatic hydroxyl groups excluding tert-OH is 1. The number of hydrogen-bond donors (Lipinski definition) is 2. The molecular weight excluding hydrogens is 468 g/mol. The summed E-state index contributed by atoms with van der Waals surface area (Å²) in [6, 6.07) is 19.6. The van der Waals surface area contributed by atoms with Crippen molar-refractivity contribution in [2.75, 3.05) is 20.8 Å². The normalized spacial score (nSPS) is 16.9. The molecule has 1 aliphatic rings. The first-order valence-corrected chi connectivity index (χ1v) is 12.0. The average molecular weight is 497 g/mol. The van der Waals surface area contributed by atoms with Crippen LogP contribution in [-0.2, 0) is 16.0 Å². The van der Waals surface area contributed by atoms with E-state index in [1.807, 2.05) is 55.6 Å². The van der Waals surface area contributed by atoms with Crippen LogP contribution in [0.1, 0.15) is 28.3 Å². The van der Waals surface area contributed by atoms with Crippen molar-refractivity contribution in [3.05, 3.63) is 101 Å². The van der Waals surface area contributed by atoms with Crippen LogP contribution in [0.3, 0.4) is 0 Å². The third-order valence-corrected chi connectivity index (χ3v) is 6.87. The van der Waals surface area contributed by atoms with E-state index in [0.717, 1.165) is 33.3 Å². The van der Waals surface area contributed by atoms with Crippen molar-refractivity contribution in [1.82, 2.24) is 9.88 Å². The van der Waals surface area contributed by atoms with Crippen LogP contribution in [0.5, 0.6) is 11.5 Å². The van der Waals surface area contributed by atoms with Crippen LogP contribution in [0.4, 0.5) is 0 Å². The van der Waals surface area contributed by atoms with E-state index in [9.17, 15) is 14.7 Å². The van der Waals surface area contributed by atoms with Crippen LogP contribution in [-0.4, -0.2) is 47.4 Å². The van der Waals surface area contributed by atoms with Gasteiger partial charge in [-0.05, 0) is 54.8 Å². The third kappa shape index (κ3) is 4.44. The Morgan fingerprint density at radius 1 is 0.973 bits per heavy atom. The summed E-state index contributed by atoms with van der Waals surface area (Å²) >= 11 is 0. The molecule has 1 aromatic heterocycles. The first-order chi connectivity index (χ1) is 17.9. The molecule has 1 atom stereocenters. The van der Waals surface area contributed by atoms with E-state index in [2.05, 4.69) is 4.98 Å². The molecule has 2 N–H and O–H groups in total. The van der Waals surface area contributed by atoms with Crippen molar-refractivity contribution >= 4 is 28.4 Å². The number of H-pyrrole nitrogens is 1. The van der Waals surface area contributed by atoms with E-state index in [1.165, 1.54) is 7.11 Å². The summed E-state index contributed by atoms with van der Waals surface area (Å²) in [6.07, 6.45) is 2.43. The number of likely N-dealkylation sites (tertiary alicyclic amines) is 1. The molecule has 1 saturated heterocycles. The average Bonchev–Trinajstić information content (AvgIpc) is 3.44. The molecule has 0 unspecified atom stereocenters. The molecule has 0 saturated carbocycles. The first-order valence-electron chi connectivity index (χ1n) is 12.0. The van der Waals surface area contributed by atoms with Gasteiger partial charge in [-0.1, -0.05) is 42.0 Å². The molecule has 3 aromatic carbocycles. The molecule has 1 aliphatic heterocycles. The molecule has 0 radical (unpaired) electrons. The van der Waals surface area contributed by atoms with Crippen molar-refractivity contribution in [2.45, 2.75) is 19.4 Å². The van der Waals surface area contributed by atoms with Crippen molar-refractivity contribution in [1.29, 1.82) is 0 Å². The number of methoxy groups -OCH3 is 2. The standard InChI is InChI=1S/C30H28N2O5/c1-18-7-9-19(10-8-18)27-26(28(33)20-5-4-6-22(15-20)36-2)29(34)30(35)32(27)14-13-21-17-31-25-12-11-23(37-3)16-24(21)25/h4-12,15-17,27,31,33H,13-14H2,1-3H3/t27-/m0/s1. The van der Waals surface area contributed by atoms with Crippen molar-refractivity contribution < 1.29 is 24.2 Å². The monoisotopic (exact) mass is 496 g/mol. The zero-order valence-electron chi connectivity index (χ0n) is 20.9. The number of amides is 1. The van der Waals surface area contributed by atoms with Gasteiger partial charge < -0.3 is 24.5 Å². The maximum Gasteiger partial charge on any atom is 0.295 e. The summed E-state index contributed by atoms with van der Waals surface area (Å²) in [5, 5.41) is 12.3. The number of ketones is 1. The molecule has 2 heterocycles. The minimum atomic E-state index is -0.716. The van der Waals surface area contributed by atoms with Gasteiger partial charge in [-0.3, -0.25) is 9.59 Å². The van der Waals surface area contributed by atoms with E-state index in [0.29, 0.717) is 24.3 Å². The van der Waals surface area contributed by atoms with Gasteiger partial charge in [0.2, 0.25) is 0 Å². The van der Waals surface area contributed by atoms with Crippen molar-refractivity contribution in [3.63, 3.8) is 0 Å². The lowest BCUT2D eigenvalue weighted by Gasteiger charge is -2.25. The number of carbonyl (C=O) groups excluding carboxylic acids is 2. The van der Waals surface area contributed by atoms with Gasteiger partial charge in [0, 0.05) is 29.2 Å². The van der Waals surface area contributed by atoms with E-state index in [4.69, 9.17) is 9.47 Å². The predicted molar refractivity (Wildman–Crippen MR) is 142 cm³/mol. The number of aromatic nitrogens is 1. The summed E-state index contributed by atoms with van der Waals surface area (Å²) in [7, 11) is 3.15. The molecule has 188 valence electrons. The van der Waals surface area contributed by atoms with Crippen LogP contribution >= 0.6 is 0 Å². The van der Waals surface area contributed by atoms with Crippen LogP contribution in [0.2, 0.25) is 0 Å². The van der Waals surface area contributed by atoms with Gasteiger partial charge in [0.15, 0.2) is 0 Å². The Hall–Kier alpha value is -4.52. The Balaban J connectivity index is 1.56. The Labute approximate surface area is 214 Å². The molecule has 7 heteroatoms. The van der Waals surface area contributed by atoms with E-state index >= 15 is 0 Å². The van der Waals surface area contributed by atoms with Gasteiger partial charge in [0.05, 0.1) is 25.8 Å². The second-order valence-electron chi connectivity index (χ2n) is 9.11. The van der Waals surface area contributed by atoms with E-state index < -0.39 is 17.7 Å². The van der Waals surface area contributed by atoms with Crippen molar-refractivity contribution in [3.8, 4) is 11.5 Å². The number of nitrogens with zero attached hydrogens (tertiary/aromatic N) is 1. The highest BCUT2D eigenvalue weighted by molar-refractivity contribution is 6.46. The molecule has 7 nitrogen and oxygen atoms in total. The zero-order valence-corrected chi connectivity index (χ0v) is 20.9. The fourth-order valence-corrected chi connectivity index (χ4v) is 4.86. The first kappa shape index (κ1) is 24.2. The highest BCUT2D eigenvalue weighted by Gasteiger charge is 2.45. The lowest BCUT2D eigenvalue weighted by Crippen LogP contribution is -2.31. The predicted octanol–water partition coefficient (Wildman–Crippen LogP) is 5.16. The molecule has 4 aromatic rings. The van der Waals surface area contributed by atoms with Gasteiger partial charge in [-0.2, -0.15) is 0 Å².